The lowest BCUT2D eigenvalue weighted by atomic mass is 10.1. The van der Waals surface area contributed by atoms with Gasteiger partial charge in [-0.05, 0) is 30.3 Å². The molecule has 0 aliphatic rings. The molecule has 0 unspecified atom stereocenters. The third kappa shape index (κ3) is 3.64. The Labute approximate surface area is 142 Å². The summed E-state index contributed by atoms with van der Waals surface area (Å²) in [6.45, 7) is 0. The molecule has 7 heteroatoms. The Kier molecular flexibility index (Phi) is 4.50. The Balaban J connectivity index is 1.87. The number of nitrogens with zero attached hydrogens (tertiary/aromatic N) is 3. The number of pyridine rings is 1. The molecule has 1 amide bonds. The number of benzene rings is 1. The van der Waals surface area contributed by atoms with Gasteiger partial charge < -0.3 is 5.32 Å². The Hall–Kier alpha value is -2.50. The Bertz CT molecular complexity index is 856. The van der Waals surface area contributed by atoms with Crippen LogP contribution in [0.2, 0.25) is 10.0 Å². The summed E-state index contributed by atoms with van der Waals surface area (Å²) in [5.41, 5.74) is 2.16. The van der Waals surface area contributed by atoms with E-state index in [-0.39, 0.29) is 11.6 Å². The third-order valence-corrected chi connectivity index (χ3v) is 3.77. The van der Waals surface area contributed by atoms with Crippen LogP contribution < -0.4 is 5.32 Å². The normalized spacial score (nSPS) is 10.3. The number of aromatic nitrogens is 3. The minimum Gasteiger partial charge on any atom is -0.319 e. The van der Waals surface area contributed by atoms with Gasteiger partial charge in [-0.25, -0.2) is 9.97 Å². The first-order valence-corrected chi connectivity index (χ1v) is 7.38. The minimum absolute atomic E-state index is 0.241. The van der Waals surface area contributed by atoms with E-state index in [1.54, 1.807) is 48.8 Å². The van der Waals surface area contributed by atoms with E-state index >= 15 is 0 Å². The van der Waals surface area contributed by atoms with Gasteiger partial charge in [0, 0.05) is 11.8 Å². The molecule has 0 fully saturated rings. The number of rotatable bonds is 3. The number of carbonyl (C=O) groups excluding carboxylic acids is 1. The predicted octanol–water partition coefficient (Wildman–Crippen LogP) is 4.10. The topological polar surface area (TPSA) is 67.8 Å². The van der Waals surface area contributed by atoms with Crippen LogP contribution in [0.4, 0.5) is 5.69 Å². The quantitative estimate of drug-likeness (QED) is 0.776. The number of amides is 1. The van der Waals surface area contributed by atoms with Crippen molar-refractivity contribution in [2.75, 3.05) is 5.32 Å². The molecule has 0 aliphatic carbocycles. The van der Waals surface area contributed by atoms with Gasteiger partial charge >= 0.3 is 0 Å². The van der Waals surface area contributed by atoms with E-state index in [2.05, 4.69) is 20.3 Å². The largest absolute Gasteiger partial charge is 0.319 e. The Morgan fingerprint density at radius 1 is 1.04 bits per heavy atom. The summed E-state index contributed by atoms with van der Waals surface area (Å²) in [7, 11) is 0. The summed E-state index contributed by atoms with van der Waals surface area (Å²) in [6, 6.07) is 10.2. The van der Waals surface area contributed by atoms with Gasteiger partial charge in [-0.2, -0.15) is 0 Å². The molecule has 0 saturated heterocycles. The van der Waals surface area contributed by atoms with Gasteiger partial charge in [0.15, 0.2) is 0 Å². The number of hydrogen-bond acceptors (Lipinski definition) is 4. The molecule has 0 aliphatic heterocycles. The average molecular weight is 345 g/mol. The van der Waals surface area contributed by atoms with E-state index in [1.165, 1.54) is 6.33 Å². The van der Waals surface area contributed by atoms with Crippen LogP contribution in [0.25, 0.3) is 11.3 Å². The fourth-order valence-electron chi connectivity index (χ4n) is 1.93. The summed E-state index contributed by atoms with van der Waals surface area (Å²) < 4.78 is 0. The lowest BCUT2D eigenvalue weighted by molar-refractivity contribution is 0.102. The van der Waals surface area contributed by atoms with Gasteiger partial charge in [-0.3, -0.25) is 9.78 Å². The van der Waals surface area contributed by atoms with Gasteiger partial charge in [-0.1, -0.05) is 29.3 Å². The standard InChI is InChI=1S/C16H10Cl2N4O/c17-12-4-3-10(6-13(12)18)14-7-15(21-9-20-14)16(23)22-11-2-1-5-19-8-11/h1-9H,(H,22,23). The maximum atomic E-state index is 12.2. The molecule has 23 heavy (non-hydrogen) atoms. The number of carbonyl (C=O) groups is 1. The van der Waals surface area contributed by atoms with Gasteiger partial charge in [0.05, 0.1) is 27.6 Å². The van der Waals surface area contributed by atoms with Gasteiger partial charge in [0.1, 0.15) is 12.0 Å². The fraction of sp³-hybridized carbons (Fsp3) is 0. The number of anilines is 1. The fourth-order valence-corrected chi connectivity index (χ4v) is 2.22. The smallest absolute Gasteiger partial charge is 0.274 e. The van der Waals surface area contributed by atoms with Crippen molar-refractivity contribution in [3.05, 3.63) is 70.9 Å². The lowest BCUT2D eigenvalue weighted by Crippen LogP contribution is -2.14. The zero-order chi connectivity index (χ0) is 16.2. The second-order valence-corrected chi connectivity index (χ2v) is 5.43. The molecule has 0 spiro atoms. The van der Waals surface area contributed by atoms with Crippen molar-refractivity contribution in [1.82, 2.24) is 15.0 Å². The van der Waals surface area contributed by atoms with Crippen LogP contribution in [0.5, 0.6) is 0 Å². The van der Waals surface area contributed by atoms with Crippen molar-refractivity contribution < 1.29 is 4.79 Å². The van der Waals surface area contributed by atoms with Crippen molar-refractivity contribution in [3.63, 3.8) is 0 Å². The predicted molar refractivity (Wildman–Crippen MR) is 89.7 cm³/mol. The number of hydrogen-bond donors (Lipinski definition) is 1. The highest BCUT2D eigenvalue weighted by Crippen LogP contribution is 2.27. The van der Waals surface area contributed by atoms with Crippen LogP contribution in [0, 0.1) is 0 Å². The molecule has 3 rings (SSSR count). The molecule has 3 aromatic rings. The summed E-state index contributed by atoms with van der Waals surface area (Å²) >= 11 is 11.9. The zero-order valence-corrected chi connectivity index (χ0v) is 13.2. The Morgan fingerprint density at radius 2 is 1.91 bits per heavy atom. The molecule has 0 radical (unpaired) electrons. The average Bonchev–Trinajstić information content (AvgIpc) is 2.58. The maximum absolute atomic E-state index is 12.2. The Morgan fingerprint density at radius 3 is 2.65 bits per heavy atom. The second-order valence-electron chi connectivity index (χ2n) is 4.61. The first-order valence-electron chi connectivity index (χ1n) is 6.62. The first kappa shape index (κ1) is 15.4. The van der Waals surface area contributed by atoms with E-state index in [9.17, 15) is 4.79 Å². The summed E-state index contributed by atoms with van der Waals surface area (Å²) in [5, 5.41) is 3.60. The molecule has 2 heterocycles. The van der Waals surface area contributed by atoms with Crippen LogP contribution in [-0.4, -0.2) is 20.9 Å². The van der Waals surface area contributed by atoms with E-state index in [0.29, 0.717) is 21.4 Å². The highest BCUT2D eigenvalue weighted by molar-refractivity contribution is 6.42. The second kappa shape index (κ2) is 6.73. The van der Waals surface area contributed by atoms with Gasteiger partial charge in [0.25, 0.3) is 5.91 Å². The highest BCUT2D eigenvalue weighted by Gasteiger charge is 2.11. The molecule has 0 atom stereocenters. The van der Waals surface area contributed by atoms with Crippen molar-refractivity contribution in [2.24, 2.45) is 0 Å². The SMILES string of the molecule is O=C(Nc1cccnc1)c1cc(-c2ccc(Cl)c(Cl)c2)ncn1. The van der Waals surface area contributed by atoms with Crippen molar-refractivity contribution >= 4 is 34.8 Å². The molecular weight excluding hydrogens is 335 g/mol. The monoisotopic (exact) mass is 344 g/mol. The zero-order valence-electron chi connectivity index (χ0n) is 11.7. The minimum atomic E-state index is -0.346. The highest BCUT2D eigenvalue weighted by atomic mass is 35.5. The molecule has 5 nitrogen and oxygen atoms in total. The molecule has 0 bridgehead atoms. The maximum Gasteiger partial charge on any atom is 0.274 e. The van der Waals surface area contributed by atoms with Crippen LogP contribution in [0.15, 0.2) is 55.1 Å². The van der Waals surface area contributed by atoms with Crippen molar-refractivity contribution in [2.45, 2.75) is 0 Å². The van der Waals surface area contributed by atoms with Gasteiger partial charge in [-0.15, -0.1) is 0 Å². The summed E-state index contributed by atoms with van der Waals surface area (Å²) in [4.78, 5) is 24.3. The lowest BCUT2D eigenvalue weighted by Gasteiger charge is -2.06. The van der Waals surface area contributed by atoms with Crippen LogP contribution in [-0.2, 0) is 0 Å². The molecule has 1 aromatic carbocycles. The first-order chi connectivity index (χ1) is 11.1. The number of nitrogens with one attached hydrogen (secondary N) is 1. The van der Waals surface area contributed by atoms with Crippen LogP contribution in [0.3, 0.4) is 0 Å². The summed E-state index contributed by atoms with van der Waals surface area (Å²) in [6.07, 6.45) is 4.51. The van der Waals surface area contributed by atoms with Crippen molar-refractivity contribution in [1.29, 1.82) is 0 Å². The summed E-state index contributed by atoms with van der Waals surface area (Å²) in [5.74, 6) is -0.346. The molecular formula is C16H10Cl2N4O. The van der Waals surface area contributed by atoms with E-state index in [1.807, 2.05) is 0 Å². The van der Waals surface area contributed by atoms with E-state index in [4.69, 9.17) is 23.2 Å². The molecule has 1 N–H and O–H groups in total. The molecule has 114 valence electrons. The van der Waals surface area contributed by atoms with Crippen molar-refractivity contribution in [3.8, 4) is 11.3 Å². The van der Waals surface area contributed by atoms with E-state index in [0.717, 1.165) is 5.56 Å². The molecule has 2 aromatic heterocycles. The van der Waals surface area contributed by atoms with E-state index < -0.39 is 0 Å². The van der Waals surface area contributed by atoms with Crippen LogP contribution in [0.1, 0.15) is 10.5 Å². The van der Waals surface area contributed by atoms with Gasteiger partial charge in [0.2, 0.25) is 0 Å². The third-order valence-electron chi connectivity index (χ3n) is 3.03. The number of halogens is 2. The molecule has 0 saturated carbocycles. The van der Waals surface area contributed by atoms with Crippen LogP contribution >= 0.6 is 23.2 Å².